The molecule has 0 aromatic carbocycles. The number of thiazole rings is 1. The Morgan fingerprint density at radius 1 is 1.35 bits per heavy atom. The molecule has 2 aliphatic rings. The first-order chi connectivity index (χ1) is 9.70. The molecule has 1 aliphatic heterocycles. The van der Waals surface area contributed by atoms with Crippen molar-refractivity contribution in [3.63, 3.8) is 0 Å². The summed E-state index contributed by atoms with van der Waals surface area (Å²) in [5.74, 6) is 0.933. The van der Waals surface area contributed by atoms with Crippen LogP contribution in [-0.2, 0) is 0 Å². The van der Waals surface area contributed by atoms with Gasteiger partial charge < -0.3 is 10.2 Å². The molecule has 1 saturated carbocycles. The third kappa shape index (κ3) is 2.60. The van der Waals surface area contributed by atoms with E-state index in [2.05, 4.69) is 31.0 Å². The number of hydrogen-bond acceptors (Lipinski definition) is 4. The molecule has 1 saturated heterocycles. The van der Waals surface area contributed by atoms with E-state index < -0.39 is 0 Å². The molecule has 0 spiro atoms. The largest absolute Gasteiger partial charge is 0.345 e. The molecule has 4 heteroatoms. The van der Waals surface area contributed by atoms with E-state index in [1.54, 1.807) is 0 Å². The number of aryl methyl sites for hydroxylation is 1. The van der Waals surface area contributed by atoms with E-state index in [0.717, 1.165) is 18.5 Å². The van der Waals surface area contributed by atoms with Crippen molar-refractivity contribution in [2.45, 2.75) is 65.0 Å². The van der Waals surface area contributed by atoms with Gasteiger partial charge in [0.25, 0.3) is 0 Å². The van der Waals surface area contributed by atoms with Gasteiger partial charge >= 0.3 is 0 Å². The molecule has 2 fully saturated rings. The van der Waals surface area contributed by atoms with Gasteiger partial charge in [0.15, 0.2) is 5.13 Å². The maximum atomic E-state index is 4.89. The molecule has 1 N–H and O–H groups in total. The number of hydrogen-bond donors (Lipinski definition) is 1. The molecule has 20 heavy (non-hydrogen) atoms. The second kappa shape index (κ2) is 6.02. The van der Waals surface area contributed by atoms with Gasteiger partial charge in [-0.3, -0.25) is 0 Å². The maximum absolute atomic E-state index is 4.89. The highest BCUT2D eigenvalue weighted by atomic mass is 32.1. The molecule has 2 heterocycles. The van der Waals surface area contributed by atoms with E-state index in [4.69, 9.17) is 4.98 Å². The van der Waals surface area contributed by atoms with Gasteiger partial charge in [0.2, 0.25) is 0 Å². The Morgan fingerprint density at radius 3 is 2.95 bits per heavy atom. The van der Waals surface area contributed by atoms with Gasteiger partial charge in [0.05, 0.1) is 5.69 Å². The van der Waals surface area contributed by atoms with Crippen molar-refractivity contribution < 1.29 is 0 Å². The van der Waals surface area contributed by atoms with Crippen LogP contribution in [0.5, 0.6) is 0 Å². The summed E-state index contributed by atoms with van der Waals surface area (Å²) in [6.45, 7) is 8.82. The van der Waals surface area contributed by atoms with Crippen LogP contribution >= 0.6 is 11.3 Å². The van der Waals surface area contributed by atoms with E-state index in [-0.39, 0.29) is 0 Å². The topological polar surface area (TPSA) is 28.2 Å². The van der Waals surface area contributed by atoms with Crippen LogP contribution in [0.3, 0.4) is 0 Å². The van der Waals surface area contributed by atoms with Gasteiger partial charge in [0.1, 0.15) is 0 Å². The Labute approximate surface area is 126 Å². The summed E-state index contributed by atoms with van der Waals surface area (Å²) in [5, 5.41) is 4.79. The van der Waals surface area contributed by atoms with Crippen molar-refractivity contribution in [2.75, 3.05) is 18.0 Å². The van der Waals surface area contributed by atoms with Crippen LogP contribution in [0.2, 0.25) is 0 Å². The van der Waals surface area contributed by atoms with E-state index >= 15 is 0 Å². The third-order valence-corrected chi connectivity index (χ3v) is 6.36. The molecular weight excluding hydrogens is 266 g/mol. The van der Waals surface area contributed by atoms with Gasteiger partial charge in [-0.2, -0.15) is 0 Å². The quantitative estimate of drug-likeness (QED) is 0.913. The second-order valence-electron chi connectivity index (χ2n) is 6.32. The summed E-state index contributed by atoms with van der Waals surface area (Å²) in [4.78, 5) is 8.92. The molecule has 112 valence electrons. The predicted molar refractivity (Wildman–Crippen MR) is 86.7 cm³/mol. The Balaban J connectivity index is 1.79. The molecular formula is C16H27N3S. The summed E-state index contributed by atoms with van der Waals surface area (Å²) in [7, 11) is 0. The fourth-order valence-corrected chi connectivity index (χ4v) is 5.14. The Bertz CT molecular complexity index is 457. The van der Waals surface area contributed by atoms with E-state index in [0.29, 0.717) is 6.04 Å². The zero-order valence-electron chi connectivity index (χ0n) is 13.0. The van der Waals surface area contributed by atoms with Crippen LogP contribution in [0.4, 0.5) is 5.13 Å². The molecule has 3 atom stereocenters. The molecule has 3 unspecified atom stereocenters. The Kier molecular flexibility index (Phi) is 4.32. The van der Waals surface area contributed by atoms with Gasteiger partial charge in [-0.15, -0.1) is 11.3 Å². The SMILES string of the molecule is CCNC(C)c1sc(N2CCC3CCCCC32)nc1C. The van der Waals surface area contributed by atoms with Gasteiger partial charge in [0, 0.05) is 23.5 Å². The zero-order chi connectivity index (χ0) is 14.1. The van der Waals surface area contributed by atoms with Gasteiger partial charge in [-0.05, 0) is 45.6 Å². The highest BCUT2D eigenvalue weighted by Gasteiger charge is 2.37. The number of anilines is 1. The second-order valence-corrected chi connectivity index (χ2v) is 7.33. The summed E-state index contributed by atoms with van der Waals surface area (Å²) >= 11 is 1.91. The maximum Gasteiger partial charge on any atom is 0.186 e. The van der Waals surface area contributed by atoms with Crippen LogP contribution in [0, 0.1) is 12.8 Å². The molecule has 1 aromatic rings. The number of nitrogens with one attached hydrogen (secondary N) is 1. The molecule has 0 radical (unpaired) electrons. The Morgan fingerprint density at radius 2 is 2.15 bits per heavy atom. The molecule has 3 nitrogen and oxygen atoms in total. The zero-order valence-corrected chi connectivity index (χ0v) is 13.8. The van der Waals surface area contributed by atoms with Crippen LogP contribution in [-0.4, -0.2) is 24.1 Å². The lowest BCUT2D eigenvalue weighted by molar-refractivity contribution is 0.342. The molecule has 0 amide bonds. The fourth-order valence-electron chi connectivity index (χ4n) is 3.96. The van der Waals surface area contributed by atoms with Crippen LogP contribution in [0.25, 0.3) is 0 Å². The lowest BCUT2D eigenvalue weighted by Gasteiger charge is -2.31. The standard InChI is InChI=1S/C16H27N3S/c1-4-17-11(2)15-12(3)18-16(20-15)19-10-9-13-7-5-6-8-14(13)19/h11,13-14,17H,4-10H2,1-3H3. The van der Waals surface area contributed by atoms with E-state index in [1.165, 1.54) is 54.4 Å². The first-order valence-corrected chi connectivity index (χ1v) is 8.99. The van der Waals surface area contributed by atoms with E-state index in [9.17, 15) is 0 Å². The average molecular weight is 293 g/mol. The molecule has 3 rings (SSSR count). The molecule has 1 aliphatic carbocycles. The first-order valence-electron chi connectivity index (χ1n) is 8.18. The summed E-state index contributed by atoms with van der Waals surface area (Å²) in [6, 6.07) is 1.20. The van der Waals surface area contributed by atoms with Crippen LogP contribution in [0.15, 0.2) is 0 Å². The fraction of sp³-hybridized carbons (Fsp3) is 0.812. The summed E-state index contributed by atoms with van der Waals surface area (Å²) in [6.07, 6.45) is 7.03. The van der Waals surface area contributed by atoms with Crippen molar-refractivity contribution in [3.05, 3.63) is 10.6 Å². The van der Waals surface area contributed by atoms with Crippen molar-refractivity contribution >= 4 is 16.5 Å². The highest BCUT2D eigenvalue weighted by Crippen LogP contribution is 2.41. The minimum atomic E-state index is 0.427. The smallest absolute Gasteiger partial charge is 0.186 e. The number of aromatic nitrogens is 1. The average Bonchev–Trinajstić information content (AvgIpc) is 3.02. The third-order valence-electron chi connectivity index (χ3n) is 4.98. The minimum absolute atomic E-state index is 0.427. The Hall–Kier alpha value is -0.610. The van der Waals surface area contributed by atoms with E-state index in [1.807, 2.05) is 11.3 Å². The van der Waals surface area contributed by atoms with Crippen molar-refractivity contribution in [3.8, 4) is 0 Å². The normalized spacial score (nSPS) is 27.6. The van der Waals surface area contributed by atoms with Crippen molar-refractivity contribution in [1.82, 2.24) is 10.3 Å². The molecule has 0 bridgehead atoms. The van der Waals surface area contributed by atoms with Crippen molar-refractivity contribution in [1.29, 1.82) is 0 Å². The van der Waals surface area contributed by atoms with Gasteiger partial charge in [-0.1, -0.05) is 19.8 Å². The lowest BCUT2D eigenvalue weighted by atomic mass is 9.85. The van der Waals surface area contributed by atoms with Crippen LogP contribution in [0.1, 0.15) is 62.6 Å². The monoisotopic (exact) mass is 293 g/mol. The van der Waals surface area contributed by atoms with Gasteiger partial charge in [-0.25, -0.2) is 4.98 Å². The number of nitrogens with zero attached hydrogens (tertiary/aromatic N) is 2. The first kappa shape index (κ1) is 14.3. The number of rotatable bonds is 4. The van der Waals surface area contributed by atoms with Crippen molar-refractivity contribution in [2.24, 2.45) is 5.92 Å². The summed E-state index contributed by atoms with van der Waals surface area (Å²) in [5.41, 5.74) is 1.22. The summed E-state index contributed by atoms with van der Waals surface area (Å²) < 4.78 is 0. The lowest BCUT2D eigenvalue weighted by Crippen LogP contribution is -2.34. The number of fused-ring (bicyclic) bond motifs is 1. The van der Waals surface area contributed by atoms with Crippen LogP contribution < -0.4 is 10.2 Å². The molecule has 1 aromatic heterocycles. The predicted octanol–water partition coefficient (Wildman–Crippen LogP) is 3.89. The minimum Gasteiger partial charge on any atom is -0.345 e. The highest BCUT2D eigenvalue weighted by molar-refractivity contribution is 7.15.